The summed E-state index contributed by atoms with van der Waals surface area (Å²) in [5.74, 6) is 0. The molecule has 0 aliphatic heterocycles. The average molecular weight is 240 g/mol. The van der Waals surface area contributed by atoms with Crippen LogP contribution in [0.1, 0.15) is 56.9 Å². The van der Waals surface area contributed by atoms with Gasteiger partial charge in [0.25, 0.3) is 0 Å². The first-order valence-electron chi connectivity index (χ1n) is 5.79. The molecule has 0 spiro atoms. The number of rotatable bonds is 2. The first-order chi connectivity index (χ1) is 7.16. The number of hydrogen-bond acceptors (Lipinski definition) is 2. The normalized spacial score (nSPS) is 13.2. The predicted octanol–water partition coefficient (Wildman–Crippen LogP) is 4.49. The van der Waals surface area contributed by atoms with Crippen molar-refractivity contribution in [3.8, 4) is 0 Å². The molecule has 16 heavy (non-hydrogen) atoms. The van der Waals surface area contributed by atoms with Gasteiger partial charge in [-0.15, -0.1) is 11.3 Å². The van der Waals surface area contributed by atoms with E-state index in [1.165, 1.54) is 15.3 Å². The van der Waals surface area contributed by atoms with E-state index in [1.807, 2.05) is 11.3 Å². The summed E-state index contributed by atoms with van der Waals surface area (Å²) in [6.07, 6.45) is 0. The van der Waals surface area contributed by atoms with Gasteiger partial charge in [-0.2, -0.15) is 0 Å². The Morgan fingerprint density at radius 3 is 2.00 bits per heavy atom. The monoisotopic (exact) mass is 240 g/mol. The highest BCUT2D eigenvalue weighted by molar-refractivity contribution is 7.12. The summed E-state index contributed by atoms with van der Waals surface area (Å²) >= 11 is 1.93. The Morgan fingerprint density at radius 1 is 1.06 bits per heavy atom. The van der Waals surface area contributed by atoms with Crippen LogP contribution >= 0.6 is 11.3 Å². The van der Waals surface area contributed by atoms with Crippen LogP contribution in [-0.2, 0) is 22.2 Å². The summed E-state index contributed by atoms with van der Waals surface area (Å²) in [5, 5.41) is 0. The minimum absolute atomic E-state index is 0.210. The maximum Gasteiger partial charge on any atom is 0.0724 e. The molecule has 0 fully saturated rings. The maximum atomic E-state index is 5.30. The Balaban J connectivity index is 3.21. The Labute approximate surface area is 104 Å². The highest BCUT2D eigenvalue weighted by Gasteiger charge is 2.25. The fraction of sp³-hybridized carbons (Fsp3) is 0.714. The van der Waals surface area contributed by atoms with Gasteiger partial charge in [-0.3, -0.25) is 0 Å². The lowest BCUT2D eigenvalue weighted by Gasteiger charge is -2.19. The summed E-state index contributed by atoms with van der Waals surface area (Å²) in [4.78, 5) is 2.91. The Bertz CT molecular complexity index is 350. The Hall–Kier alpha value is -0.340. The van der Waals surface area contributed by atoms with Gasteiger partial charge in [0, 0.05) is 16.9 Å². The molecule has 1 nitrogen and oxygen atoms in total. The van der Waals surface area contributed by atoms with E-state index in [9.17, 15) is 0 Å². The second-order valence-corrected chi connectivity index (χ2v) is 7.45. The average Bonchev–Trinajstić information content (AvgIpc) is 2.46. The quantitative estimate of drug-likeness (QED) is 0.740. The summed E-state index contributed by atoms with van der Waals surface area (Å²) in [6.45, 7) is 14.3. The van der Waals surface area contributed by atoms with Crippen molar-refractivity contribution in [2.45, 2.75) is 59.0 Å². The molecule has 0 bridgehead atoms. The molecular weight excluding hydrogens is 216 g/mol. The van der Waals surface area contributed by atoms with E-state index in [2.05, 4.69) is 47.6 Å². The lowest BCUT2D eigenvalue weighted by atomic mass is 9.90. The number of hydrogen-bond donors (Lipinski definition) is 0. The minimum Gasteiger partial charge on any atom is -0.380 e. The van der Waals surface area contributed by atoms with Crippen molar-refractivity contribution >= 4 is 11.3 Å². The maximum absolute atomic E-state index is 5.30. The summed E-state index contributed by atoms with van der Waals surface area (Å²) in [7, 11) is 1.76. The van der Waals surface area contributed by atoms with Gasteiger partial charge in [0.05, 0.1) is 6.61 Å². The molecule has 0 radical (unpaired) electrons. The van der Waals surface area contributed by atoms with Crippen molar-refractivity contribution in [2.24, 2.45) is 0 Å². The molecule has 0 atom stereocenters. The van der Waals surface area contributed by atoms with Crippen LogP contribution < -0.4 is 0 Å². The van der Waals surface area contributed by atoms with Crippen molar-refractivity contribution in [2.75, 3.05) is 7.11 Å². The van der Waals surface area contributed by atoms with Crippen molar-refractivity contribution in [1.82, 2.24) is 0 Å². The zero-order valence-electron chi connectivity index (χ0n) is 11.6. The zero-order chi connectivity index (χ0) is 12.6. The van der Waals surface area contributed by atoms with Crippen molar-refractivity contribution in [3.05, 3.63) is 21.4 Å². The van der Waals surface area contributed by atoms with E-state index >= 15 is 0 Å². The van der Waals surface area contributed by atoms with Gasteiger partial charge in [-0.25, -0.2) is 0 Å². The van der Waals surface area contributed by atoms with E-state index < -0.39 is 0 Å². The molecule has 0 aliphatic rings. The van der Waals surface area contributed by atoms with Crippen LogP contribution in [0.25, 0.3) is 0 Å². The standard InChI is InChI=1S/C14H24OS/c1-13(2,3)11-8-10(9-15-7)12(16-11)14(4,5)6/h8H,9H2,1-7H3. The van der Waals surface area contributed by atoms with E-state index in [0.29, 0.717) is 0 Å². The number of thiophene rings is 1. The van der Waals surface area contributed by atoms with E-state index in [0.717, 1.165) is 6.61 Å². The van der Waals surface area contributed by atoms with Crippen LogP contribution in [0.4, 0.5) is 0 Å². The summed E-state index contributed by atoms with van der Waals surface area (Å²) in [6, 6.07) is 2.31. The fourth-order valence-corrected chi connectivity index (χ4v) is 2.98. The van der Waals surface area contributed by atoms with Crippen LogP contribution in [0.15, 0.2) is 6.07 Å². The number of methoxy groups -OCH3 is 1. The van der Waals surface area contributed by atoms with E-state index in [1.54, 1.807) is 7.11 Å². The van der Waals surface area contributed by atoms with Gasteiger partial charge >= 0.3 is 0 Å². The van der Waals surface area contributed by atoms with Gasteiger partial charge in [0.2, 0.25) is 0 Å². The second kappa shape index (κ2) is 4.50. The van der Waals surface area contributed by atoms with Crippen molar-refractivity contribution in [3.63, 3.8) is 0 Å². The smallest absolute Gasteiger partial charge is 0.0724 e. The molecule has 1 heterocycles. The largest absolute Gasteiger partial charge is 0.380 e. The van der Waals surface area contributed by atoms with Crippen LogP contribution in [0.5, 0.6) is 0 Å². The van der Waals surface area contributed by atoms with Crippen LogP contribution in [0.3, 0.4) is 0 Å². The van der Waals surface area contributed by atoms with Crippen molar-refractivity contribution < 1.29 is 4.74 Å². The predicted molar refractivity (Wildman–Crippen MR) is 72.4 cm³/mol. The topological polar surface area (TPSA) is 9.23 Å². The lowest BCUT2D eigenvalue weighted by Crippen LogP contribution is -2.11. The highest BCUT2D eigenvalue weighted by Crippen LogP contribution is 2.38. The SMILES string of the molecule is COCc1cc(C(C)(C)C)sc1C(C)(C)C. The van der Waals surface area contributed by atoms with E-state index in [4.69, 9.17) is 4.74 Å². The zero-order valence-corrected chi connectivity index (χ0v) is 12.4. The molecule has 0 amide bonds. The molecule has 0 aliphatic carbocycles. The van der Waals surface area contributed by atoms with Crippen LogP contribution in [-0.4, -0.2) is 7.11 Å². The highest BCUT2D eigenvalue weighted by atomic mass is 32.1. The van der Waals surface area contributed by atoms with Gasteiger partial charge in [-0.05, 0) is 22.5 Å². The Kier molecular flexibility index (Phi) is 3.86. The molecule has 2 heteroatoms. The third-order valence-corrected chi connectivity index (χ3v) is 4.56. The van der Waals surface area contributed by atoms with Gasteiger partial charge in [0.15, 0.2) is 0 Å². The van der Waals surface area contributed by atoms with Gasteiger partial charge in [-0.1, -0.05) is 41.5 Å². The third-order valence-electron chi connectivity index (χ3n) is 2.53. The first-order valence-corrected chi connectivity index (χ1v) is 6.60. The third kappa shape index (κ3) is 3.08. The minimum atomic E-state index is 0.210. The molecule has 92 valence electrons. The molecular formula is C14H24OS. The molecule has 1 rings (SSSR count). The molecule has 0 saturated carbocycles. The van der Waals surface area contributed by atoms with Gasteiger partial charge < -0.3 is 4.74 Å². The molecule has 0 N–H and O–H groups in total. The number of ether oxygens (including phenoxy) is 1. The Morgan fingerprint density at radius 2 is 1.62 bits per heavy atom. The van der Waals surface area contributed by atoms with E-state index in [-0.39, 0.29) is 10.8 Å². The molecule has 0 saturated heterocycles. The first kappa shape index (κ1) is 13.7. The fourth-order valence-electron chi connectivity index (χ4n) is 1.70. The van der Waals surface area contributed by atoms with Crippen LogP contribution in [0.2, 0.25) is 0 Å². The summed E-state index contributed by atoms with van der Waals surface area (Å²) in [5.41, 5.74) is 1.79. The molecule has 1 aromatic heterocycles. The molecule has 0 aromatic carbocycles. The van der Waals surface area contributed by atoms with Crippen LogP contribution in [0, 0.1) is 0 Å². The van der Waals surface area contributed by atoms with Crippen molar-refractivity contribution in [1.29, 1.82) is 0 Å². The summed E-state index contributed by atoms with van der Waals surface area (Å²) < 4.78 is 5.30. The molecule has 1 aromatic rings. The lowest BCUT2D eigenvalue weighted by molar-refractivity contribution is 0.183. The second-order valence-electron chi connectivity index (χ2n) is 6.40. The molecule has 0 unspecified atom stereocenters. The van der Waals surface area contributed by atoms with Gasteiger partial charge in [0.1, 0.15) is 0 Å².